The molecule has 0 fully saturated rings. The molecule has 0 aliphatic carbocycles. The van der Waals surface area contributed by atoms with E-state index < -0.39 is 28.0 Å². The fraction of sp³-hybridized carbons (Fsp3) is 0.227. The van der Waals surface area contributed by atoms with Crippen molar-refractivity contribution in [1.82, 2.24) is 4.98 Å². The monoisotopic (exact) mass is 473 g/mol. The highest BCUT2D eigenvalue weighted by molar-refractivity contribution is 7.92. The van der Waals surface area contributed by atoms with E-state index in [2.05, 4.69) is 21.9 Å². The number of hydrogen-bond donors (Lipinski definition) is 2. The Morgan fingerprint density at radius 2 is 1.81 bits per heavy atom. The zero-order chi connectivity index (χ0) is 23.3. The Labute approximate surface area is 190 Å². The van der Waals surface area contributed by atoms with E-state index in [1.807, 2.05) is 29.6 Å². The van der Waals surface area contributed by atoms with Gasteiger partial charge < -0.3 is 4.74 Å². The molecule has 1 unspecified atom stereocenters. The molecule has 1 heterocycles. The minimum atomic E-state index is -3.59. The van der Waals surface area contributed by atoms with Crippen LogP contribution in [0.25, 0.3) is 11.3 Å². The van der Waals surface area contributed by atoms with Crippen LogP contribution in [0.2, 0.25) is 0 Å². The number of carbonyl (C=O) groups is 2. The smallest absolute Gasteiger partial charge is 0.341 e. The fourth-order valence-electron chi connectivity index (χ4n) is 2.81. The van der Waals surface area contributed by atoms with Crippen LogP contribution in [0.3, 0.4) is 0 Å². The number of ether oxygens (including phenoxy) is 1. The van der Waals surface area contributed by atoms with Gasteiger partial charge in [0.1, 0.15) is 0 Å². The maximum absolute atomic E-state index is 12.5. The van der Waals surface area contributed by atoms with E-state index in [1.165, 1.54) is 36.0 Å². The number of esters is 1. The number of nitrogens with one attached hydrogen (secondary N) is 2. The van der Waals surface area contributed by atoms with E-state index >= 15 is 0 Å². The summed E-state index contributed by atoms with van der Waals surface area (Å²) in [5.74, 6) is -1.37. The Kier molecular flexibility index (Phi) is 7.26. The predicted octanol–water partition coefficient (Wildman–Crippen LogP) is 3.93. The minimum absolute atomic E-state index is 0.00429. The molecule has 1 amide bonds. The average Bonchev–Trinajstić information content (AvgIpc) is 3.21. The summed E-state index contributed by atoms with van der Waals surface area (Å²) in [6.07, 6.45) is 0.806. The van der Waals surface area contributed by atoms with E-state index in [0.29, 0.717) is 5.13 Å². The lowest BCUT2D eigenvalue weighted by molar-refractivity contribution is -0.123. The maximum Gasteiger partial charge on any atom is 0.341 e. The molecule has 2 N–H and O–H groups in total. The Balaban J connectivity index is 1.64. The van der Waals surface area contributed by atoms with E-state index in [4.69, 9.17) is 4.74 Å². The Morgan fingerprint density at radius 1 is 1.12 bits per heavy atom. The highest BCUT2D eigenvalue weighted by Gasteiger charge is 2.22. The van der Waals surface area contributed by atoms with Crippen LogP contribution in [0.4, 0.5) is 10.8 Å². The summed E-state index contributed by atoms with van der Waals surface area (Å²) in [7, 11) is -3.59. The summed E-state index contributed by atoms with van der Waals surface area (Å²) in [6, 6.07) is 14.0. The van der Waals surface area contributed by atoms with Gasteiger partial charge in [-0.15, -0.1) is 11.3 Å². The lowest BCUT2D eigenvalue weighted by Crippen LogP contribution is -2.30. The van der Waals surface area contributed by atoms with Gasteiger partial charge >= 0.3 is 5.97 Å². The molecule has 0 aliphatic rings. The number of nitrogens with zero attached hydrogens (tertiary/aromatic N) is 1. The van der Waals surface area contributed by atoms with Gasteiger partial charge in [0, 0.05) is 10.9 Å². The van der Waals surface area contributed by atoms with E-state index in [9.17, 15) is 18.0 Å². The molecule has 2 aromatic carbocycles. The van der Waals surface area contributed by atoms with Crippen LogP contribution in [-0.2, 0) is 26.0 Å². The average molecular weight is 474 g/mol. The number of sulfonamides is 1. The van der Waals surface area contributed by atoms with Gasteiger partial charge in [0.05, 0.1) is 23.2 Å². The van der Waals surface area contributed by atoms with Crippen molar-refractivity contribution >= 4 is 44.1 Å². The van der Waals surface area contributed by atoms with Crippen LogP contribution in [0, 0.1) is 0 Å². The second-order valence-corrected chi connectivity index (χ2v) is 9.65. The predicted molar refractivity (Wildman–Crippen MR) is 125 cm³/mol. The Hall–Kier alpha value is -3.24. The number of carbonyl (C=O) groups excluding carboxylic acids is 2. The molecule has 0 saturated heterocycles. The molecule has 0 saturated carbocycles. The third kappa shape index (κ3) is 6.14. The highest BCUT2D eigenvalue weighted by Crippen LogP contribution is 2.25. The van der Waals surface area contributed by atoms with Crippen molar-refractivity contribution in [2.45, 2.75) is 26.4 Å². The molecule has 3 aromatic rings. The molecule has 0 aliphatic heterocycles. The van der Waals surface area contributed by atoms with Gasteiger partial charge in [-0.3, -0.25) is 14.8 Å². The largest absolute Gasteiger partial charge is 0.449 e. The van der Waals surface area contributed by atoms with Crippen LogP contribution in [0.1, 0.15) is 29.8 Å². The first-order valence-electron chi connectivity index (χ1n) is 9.79. The van der Waals surface area contributed by atoms with Gasteiger partial charge in [-0.05, 0) is 31.0 Å². The highest BCUT2D eigenvalue weighted by atomic mass is 32.2. The van der Waals surface area contributed by atoms with E-state index in [1.54, 1.807) is 12.1 Å². The molecule has 0 spiro atoms. The van der Waals surface area contributed by atoms with E-state index in [-0.39, 0.29) is 11.3 Å². The van der Waals surface area contributed by atoms with Crippen LogP contribution in [-0.4, -0.2) is 37.6 Å². The SMILES string of the molecule is CCc1ccc(-c2csc(NC(=O)C(C)OC(=O)c3ccccc3NS(C)(=O)=O)n2)cc1. The van der Waals surface area contributed by atoms with E-state index in [0.717, 1.165) is 23.9 Å². The van der Waals surface area contributed by atoms with Gasteiger partial charge in [0.25, 0.3) is 5.91 Å². The van der Waals surface area contributed by atoms with Crippen molar-refractivity contribution in [2.24, 2.45) is 0 Å². The lowest BCUT2D eigenvalue weighted by atomic mass is 10.1. The van der Waals surface area contributed by atoms with Crippen molar-refractivity contribution in [3.8, 4) is 11.3 Å². The number of hydrogen-bond acceptors (Lipinski definition) is 7. The first kappa shape index (κ1) is 23.4. The number of para-hydroxylation sites is 1. The molecule has 0 bridgehead atoms. The molecule has 32 heavy (non-hydrogen) atoms. The van der Waals surface area contributed by atoms with Crippen LogP contribution >= 0.6 is 11.3 Å². The number of thiazole rings is 1. The molecule has 1 atom stereocenters. The fourth-order valence-corrected chi connectivity index (χ4v) is 4.11. The van der Waals surface area contributed by atoms with Gasteiger partial charge in [0.15, 0.2) is 11.2 Å². The van der Waals surface area contributed by atoms with Crippen molar-refractivity contribution < 1.29 is 22.7 Å². The van der Waals surface area contributed by atoms with Gasteiger partial charge in [-0.25, -0.2) is 18.2 Å². The summed E-state index contributed by atoms with van der Waals surface area (Å²) >= 11 is 1.26. The number of benzene rings is 2. The quantitative estimate of drug-likeness (QED) is 0.479. The molecular weight excluding hydrogens is 450 g/mol. The molecule has 3 rings (SSSR count). The van der Waals surface area contributed by atoms with Crippen molar-refractivity contribution in [1.29, 1.82) is 0 Å². The van der Waals surface area contributed by atoms with Gasteiger partial charge in [0.2, 0.25) is 10.0 Å². The van der Waals surface area contributed by atoms with Crippen molar-refractivity contribution in [3.63, 3.8) is 0 Å². The zero-order valence-corrected chi connectivity index (χ0v) is 19.4. The number of aromatic nitrogens is 1. The van der Waals surface area contributed by atoms with Crippen LogP contribution in [0.15, 0.2) is 53.9 Å². The Bertz CT molecular complexity index is 1220. The number of anilines is 2. The number of rotatable bonds is 8. The molecule has 0 radical (unpaired) electrons. The summed E-state index contributed by atoms with van der Waals surface area (Å²) in [4.78, 5) is 29.4. The number of amides is 1. The summed E-state index contributed by atoms with van der Waals surface area (Å²) in [5, 5.41) is 4.86. The second-order valence-electron chi connectivity index (χ2n) is 7.04. The zero-order valence-electron chi connectivity index (χ0n) is 17.8. The lowest BCUT2D eigenvalue weighted by Gasteiger charge is -2.14. The normalized spacial score (nSPS) is 12.1. The first-order chi connectivity index (χ1) is 15.2. The van der Waals surface area contributed by atoms with Crippen molar-refractivity contribution in [2.75, 3.05) is 16.3 Å². The van der Waals surface area contributed by atoms with Crippen LogP contribution < -0.4 is 10.0 Å². The minimum Gasteiger partial charge on any atom is -0.449 e. The Morgan fingerprint density at radius 3 is 2.47 bits per heavy atom. The third-order valence-corrected chi connectivity index (χ3v) is 5.84. The molecule has 1 aromatic heterocycles. The first-order valence-corrected chi connectivity index (χ1v) is 12.6. The summed E-state index contributed by atoms with van der Waals surface area (Å²) in [6.45, 7) is 3.51. The van der Waals surface area contributed by atoms with Crippen molar-refractivity contribution in [3.05, 3.63) is 65.0 Å². The van der Waals surface area contributed by atoms with Gasteiger partial charge in [-0.2, -0.15) is 0 Å². The van der Waals surface area contributed by atoms with Crippen LogP contribution in [0.5, 0.6) is 0 Å². The maximum atomic E-state index is 12.5. The number of aryl methyl sites for hydroxylation is 1. The molecule has 168 valence electrons. The summed E-state index contributed by atoms with van der Waals surface area (Å²) in [5.41, 5.74) is 2.98. The standard InChI is InChI=1S/C22H23N3O5S2/c1-4-15-9-11-16(12-10-15)19-13-31-22(23-19)24-20(26)14(2)30-21(27)17-7-5-6-8-18(17)25-32(3,28)29/h5-14,25H,4H2,1-3H3,(H,23,24,26). The second kappa shape index (κ2) is 9.92. The molecule has 8 nitrogen and oxygen atoms in total. The van der Waals surface area contributed by atoms with Gasteiger partial charge in [-0.1, -0.05) is 43.3 Å². The third-order valence-electron chi connectivity index (χ3n) is 4.49. The molecular formula is C22H23N3O5S2. The summed E-state index contributed by atoms with van der Waals surface area (Å²) < 4.78 is 30.5. The topological polar surface area (TPSA) is 114 Å². The molecule has 10 heteroatoms.